The summed E-state index contributed by atoms with van der Waals surface area (Å²) in [5.74, 6) is -0.565. The second kappa shape index (κ2) is 7.85. The number of methoxy groups -OCH3 is 1. The van der Waals surface area contributed by atoms with Crippen LogP contribution in [0.5, 0.6) is 0 Å². The molecule has 25 heavy (non-hydrogen) atoms. The number of rotatable bonds is 6. The molecule has 0 radical (unpaired) electrons. The lowest BCUT2D eigenvalue weighted by molar-refractivity contribution is -0.140. The van der Waals surface area contributed by atoms with Crippen LogP contribution < -0.4 is 5.32 Å². The number of carbonyl (C=O) groups excluding carboxylic acids is 2. The average molecular weight is 355 g/mol. The predicted molar refractivity (Wildman–Crippen MR) is 96.8 cm³/mol. The number of amides is 1. The molecule has 0 bridgehead atoms. The minimum Gasteiger partial charge on any atom is -0.468 e. The SMILES string of the molecule is COC(=O)CNC(=O)CSc1nc2ccccc2n1-c1ccccc1. The van der Waals surface area contributed by atoms with Crippen molar-refractivity contribution in [3.8, 4) is 5.69 Å². The molecule has 1 N–H and O–H groups in total. The van der Waals surface area contributed by atoms with Gasteiger partial charge in [-0.3, -0.25) is 14.2 Å². The molecule has 1 aromatic heterocycles. The van der Waals surface area contributed by atoms with Crippen molar-refractivity contribution in [1.29, 1.82) is 0 Å². The van der Waals surface area contributed by atoms with Gasteiger partial charge in [0.1, 0.15) is 6.54 Å². The molecule has 3 aromatic rings. The summed E-state index contributed by atoms with van der Waals surface area (Å²) < 4.78 is 6.52. The second-order valence-corrected chi connectivity index (χ2v) is 6.14. The standard InChI is InChI=1S/C18H17N3O3S/c1-24-17(23)11-19-16(22)12-25-18-20-14-9-5-6-10-15(14)21(18)13-7-3-2-4-8-13/h2-10H,11-12H2,1H3,(H,19,22). The normalized spacial score (nSPS) is 10.6. The van der Waals surface area contributed by atoms with Gasteiger partial charge in [-0.2, -0.15) is 0 Å². The number of ether oxygens (including phenoxy) is 1. The molecule has 0 saturated heterocycles. The zero-order chi connectivity index (χ0) is 17.6. The summed E-state index contributed by atoms with van der Waals surface area (Å²) in [6, 6.07) is 17.7. The van der Waals surface area contributed by atoms with E-state index in [-0.39, 0.29) is 18.2 Å². The molecule has 3 rings (SSSR count). The van der Waals surface area contributed by atoms with Gasteiger partial charge in [-0.25, -0.2) is 4.98 Å². The Morgan fingerprint density at radius 2 is 1.84 bits per heavy atom. The van der Waals surface area contributed by atoms with Crippen molar-refractivity contribution < 1.29 is 14.3 Å². The third-order valence-electron chi connectivity index (χ3n) is 3.53. The maximum absolute atomic E-state index is 11.9. The summed E-state index contributed by atoms with van der Waals surface area (Å²) in [4.78, 5) is 27.6. The van der Waals surface area contributed by atoms with E-state index in [1.807, 2.05) is 59.2 Å². The number of hydrogen-bond acceptors (Lipinski definition) is 5. The van der Waals surface area contributed by atoms with E-state index in [4.69, 9.17) is 0 Å². The first-order valence-corrected chi connectivity index (χ1v) is 8.67. The molecule has 1 amide bonds. The van der Waals surface area contributed by atoms with Gasteiger partial charge in [-0.15, -0.1) is 0 Å². The Bertz CT molecular complexity index is 893. The van der Waals surface area contributed by atoms with Gasteiger partial charge in [0, 0.05) is 5.69 Å². The molecule has 0 spiro atoms. The number of carbonyl (C=O) groups is 2. The van der Waals surface area contributed by atoms with Crippen molar-refractivity contribution in [2.24, 2.45) is 0 Å². The molecule has 0 saturated carbocycles. The number of para-hydroxylation sites is 3. The van der Waals surface area contributed by atoms with Crippen molar-refractivity contribution in [1.82, 2.24) is 14.9 Å². The highest BCUT2D eigenvalue weighted by Crippen LogP contribution is 2.27. The highest BCUT2D eigenvalue weighted by Gasteiger charge is 2.14. The molecule has 2 aromatic carbocycles. The molecular weight excluding hydrogens is 338 g/mol. The molecule has 0 unspecified atom stereocenters. The minimum atomic E-state index is -0.477. The second-order valence-electron chi connectivity index (χ2n) is 5.20. The molecule has 1 heterocycles. The Morgan fingerprint density at radius 3 is 2.60 bits per heavy atom. The van der Waals surface area contributed by atoms with Gasteiger partial charge in [-0.05, 0) is 24.3 Å². The largest absolute Gasteiger partial charge is 0.468 e. The third-order valence-corrected chi connectivity index (χ3v) is 4.47. The van der Waals surface area contributed by atoms with Crippen molar-refractivity contribution in [2.75, 3.05) is 19.4 Å². The summed E-state index contributed by atoms with van der Waals surface area (Å²) in [5.41, 5.74) is 2.82. The Morgan fingerprint density at radius 1 is 1.12 bits per heavy atom. The monoisotopic (exact) mass is 355 g/mol. The smallest absolute Gasteiger partial charge is 0.325 e. The zero-order valence-corrected chi connectivity index (χ0v) is 14.5. The van der Waals surface area contributed by atoms with Crippen LogP contribution in [-0.2, 0) is 14.3 Å². The van der Waals surface area contributed by atoms with Crippen molar-refractivity contribution in [2.45, 2.75) is 5.16 Å². The summed E-state index contributed by atoms with van der Waals surface area (Å²) >= 11 is 1.32. The van der Waals surface area contributed by atoms with E-state index in [0.717, 1.165) is 21.9 Å². The summed E-state index contributed by atoms with van der Waals surface area (Å²) in [6.07, 6.45) is 0. The Hall–Kier alpha value is -2.80. The van der Waals surface area contributed by atoms with Gasteiger partial charge in [0.2, 0.25) is 5.91 Å². The molecule has 0 aliphatic heterocycles. The molecule has 0 aliphatic rings. The lowest BCUT2D eigenvalue weighted by atomic mass is 10.3. The number of imidazole rings is 1. The van der Waals surface area contributed by atoms with Crippen LogP contribution in [0.4, 0.5) is 0 Å². The summed E-state index contributed by atoms with van der Waals surface area (Å²) in [7, 11) is 1.28. The third kappa shape index (κ3) is 4.00. The van der Waals surface area contributed by atoms with E-state index in [9.17, 15) is 9.59 Å². The number of nitrogens with zero attached hydrogens (tertiary/aromatic N) is 2. The van der Waals surface area contributed by atoms with Crippen LogP contribution in [-0.4, -0.2) is 40.8 Å². The lowest BCUT2D eigenvalue weighted by Crippen LogP contribution is -2.31. The number of nitrogens with one attached hydrogen (secondary N) is 1. The van der Waals surface area contributed by atoms with Crippen molar-refractivity contribution in [3.63, 3.8) is 0 Å². The Balaban J connectivity index is 1.82. The minimum absolute atomic E-state index is 0.134. The lowest BCUT2D eigenvalue weighted by Gasteiger charge is -2.09. The van der Waals surface area contributed by atoms with E-state index in [0.29, 0.717) is 0 Å². The van der Waals surface area contributed by atoms with Crippen LogP contribution in [0, 0.1) is 0 Å². The maximum Gasteiger partial charge on any atom is 0.325 e. The Labute approximate surface area is 149 Å². The molecule has 128 valence electrons. The van der Waals surface area contributed by atoms with Gasteiger partial charge in [0.05, 0.1) is 23.9 Å². The van der Waals surface area contributed by atoms with E-state index in [2.05, 4.69) is 15.0 Å². The van der Waals surface area contributed by atoms with Crippen molar-refractivity contribution in [3.05, 3.63) is 54.6 Å². The summed E-state index contributed by atoms with van der Waals surface area (Å²) in [6.45, 7) is -0.134. The van der Waals surface area contributed by atoms with Gasteiger partial charge in [-0.1, -0.05) is 42.1 Å². The number of aromatic nitrogens is 2. The highest BCUT2D eigenvalue weighted by atomic mass is 32.2. The molecule has 0 atom stereocenters. The van der Waals surface area contributed by atoms with Crippen LogP contribution in [0.15, 0.2) is 59.8 Å². The zero-order valence-electron chi connectivity index (χ0n) is 13.6. The highest BCUT2D eigenvalue weighted by molar-refractivity contribution is 7.99. The maximum atomic E-state index is 11.9. The number of thioether (sulfide) groups is 1. The van der Waals surface area contributed by atoms with Crippen LogP contribution in [0.3, 0.4) is 0 Å². The van der Waals surface area contributed by atoms with E-state index < -0.39 is 5.97 Å². The Kier molecular flexibility index (Phi) is 5.35. The van der Waals surface area contributed by atoms with Crippen LogP contribution in [0.25, 0.3) is 16.7 Å². The first kappa shape index (κ1) is 17.0. The van der Waals surface area contributed by atoms with Gasteiger partial charge in [0.15, 0.2) is 5.16 Å². The van der Waals surface area contributed by atoms with Crippen LogP contribution in [0.2, 0.25) is 0 Å². The number of hydrogen-bond donors (Lipinski definition) is 1. The first-order valence-electron chi connectivity index (χ1n) is 7.68. The van der Waals surface area contributed by atoms with Crippen LogP contribution >= 0.6 is 11.8 Å². The molecule has 7 heteroatoms. The van der Waals surface area contributed by atoms with Gasteiger partial charge >= 0.3 is 5.97 Å². The van der Waals surface area contributed by atoms with E-state index in [1.165, 1.54) is 18.9 Å². The number of benzene rings is 2. The molecule has 0 fully saturated rings. The van der Waals surface area contributed by atoms with Gasteiger partial charge in [0.25, 0.3) is 0 Å². The fraction of sp³-hybridized carbons (Fsp3) is 0.167. The quantitative estimate of drug-likeness (QED) is 0.543. The molecule has 0 aliphatic carbocycles. The topological polar surface area (TPSA) is 73.2 Å². The van der Waals surface area contributed by atoms with Gasteiger partial charge < -0.3 is 10.1 Å². The fourth-order valence-electron chi connectivity index (χ4n) is 2.35. The molecular formula is C18H17N3O3S. The first-order chi connectivity index (χ1) is 12.2. The predicted octanol–water partition coefficient (Wildman–Crippen LogP) is 2.41. The number of esters is 1. The molecule has 6 nitrogen and oxygen atoms in total. The number of fused-ring (bicyclic) bond motifs is 1. The summed E-state index contributed by atoms with van der Waals surface area (Å²) in [5, 5.41) is 3.25. The van der Waals surface area contributed by atoms with Crippen LogP contribution in [0.1, 0.15) is 0 Å². The van der Waals surface area contributed by atoms with E-state index >= 15 is 0 Å². The average Bonchev–Trinajstić information content (AvgIpc) is 3.03. The van der Waals surface area contributed by atoms with E-state index in [1.54, 1.807) is 0 Å². The van der Waals surface area contributed by atoms with Crippen molar-refractivity contribution >= 4 is 34.7 Å². The fourth-order valence-corrected chi connectivity index (χ4v) is 3.21.